The van der Waals surface area contributed by atoms with Crippen LogP contribution in [0.15, 0.2) is 48.5 Å². The number of pyridine rings is 1. The molecule has 0 atom stereocenters. The number of hydrogen-bond acceptors (Lipinski definition) is 3. The molecule has 5 aromatic rings. The summed E-state index contributed by atoms with van der Waals surface area (Å²) in [6.07, 6.45) is 0. The van der Waals surface area contributed by atoms with Gasteiger partial charge in [-0.05, 0) is 24.3 Å². The highest BCUT2D eigenvalue weighted by Crippen LogP contribution is 2.54. The summed E-state index contributed by atoms with van der Waals surface area (Å²) >= 11 is 0. The van der Waals surface area contributed by atoms with Gasteiger partial charge in [-0.1, -0.05) is 24.3 Å². The fourth-order valence-electron chi connectivity index (χ4n) is 4.29. The van der Waals surface area contributed by atoms with Crippen molar-refractivity contribution in [3.63, 3.8) is 0 Å². The minimum atomic E-state index is -2.27. The molecular weight excluding hydrogens is 496 g/mol. The van der Waals surface area contributed by atoms with E-state index in [0.29, 0.717) is 0 Å². The number of halogens is 8. The smallest absolute Gasteiger partial charge is 0.199 e. The number of fused-ring (bicyclic) bond motifs is 4. The molecule has 1 aliphatic heterocycles. The number of rotatable bonds is 1. The van der Waals surface area contributed by atoms with E-state index in [9.17, 15) is 26.3 Å². The highest BCUT2D eigenvalue weighted by Gasteiger charge is 2.36. The van der Waals surface area contributed by atoms with E-state index in [-0.39, 0.29) is 22.9 Å². The van der Waals surface area contributed by atoms with E-state index in [1.54, 1.807) is 12.1 Å². The van der Waals surface area contributed by atoms with Gasteiger partial charge in [-0.25, -0.2) is 40.1 Å². The molecule has 0 saturated heterocycles. The van der Waals surface area contributed by atoms with Crippen LogP contribution < -0.4 is 9.64 Å². The molecular formula is C25H8F8N2O. The van der Waals surface area contributed by atoms with Gasteiger partial charge in [0.2, 0.25) is 0 Å². The second-order valence-electron chi connectivity index (χ2n) is 7.79. The van der Waals surface area contributed by atoms with Crippen LogP contribution in [-0.4, -0.2) is 4.98 Å². The Labute approximate surface area is 195 Å². The molecule has 0 N–H and O–H groups in total. The first kappa shape index (κ1) is 22.1. The topological polar surface area (TPSA) is 25.4 Å². The van der Waals surface area contributed by atoms with Crippen LogP contribution in [0, 0.1) is 46.5 Å². The first-order chi connectivity index (χ1) is 17.2. The Morgan fingerprint density at radius 3 is 1.33 bits per heavy atom. The second kappa shape index (κ2) is 7.54. The molecule has 0 spiro atoms. The van der Waals surface area contributed by atoms with E-state index in [1.165, 1.54) is 36.4 Å². The Balaban J connectivity index is 1.93. The van der Waals surface area contributed by atoms with Crippen LogP contribution in [0.5, 0.6) is 11.5 Å². The SMILES string of the molecule is Fc1c(F)c(F)c2c(N3c4ccccc4Oc4ccccc43)c3c(F)c(F)c(F)c(F)c3nc2c1F. The number of hydrogen-bond donors (Lipinski definition) is 0. The van der Waals surface area contributed by atoms with Crippen molar-refractivity contribution in [2.45, 2.75) is 0 Å². The molecule has 0 unspecified atom stereocenters. The molecule has 1 aliphatic rings. The third kappa shape index (κ3) is 2.76. The molecule has 0 saturated carbocycles. The number of anilines is 3. The number of para-hydroxylation sites is 4. The van der Waals surface area contributed by atoms with Crippen LogP contribution in [0.4, 0.5) is 52.2 Å². The van der Waals surface area contributed by atoms with E-state index in [0.717, 1.165) is 4.90 Å². The summed E-state index contributed by atoms with van der Waals surface area (Å²) in [6, 6.07) is 11.8. The lowest BCUT2D eigenvalue weighted by Gasteiger charge is -2.34. The van der Waals surface area contributed by atoms with Gasteiger partial charge < -0.3 is 9.64 Å². The van der Waals surface area contributed by atoms with Crippen LogP contribution >= 0.6 is 0 Å². The van der Waals surface area contributed by atoms with E-state index < -0.39 is 74.0 Å². The Hall–Kier alpha value is -4.41. The predicted molar refractivity (Wildman–Crippen MR) is 114 cm³/mol. The average molecular weight is 504 g/mol. The minimum absolute atomic E-state index is 0.0408. The summed E-state index contributed by atoms with van der Waals surface area (Å²) in [5, 5.41) is -2.26. The fourth-order valence-corrected chi connectivity index (χ4v) is 4.29. The lowest BCUT2D eigenvalue weighted by atomic mass is 10.0. The molecule has 0 radical (unpaired) electrons. The fraction of sp³-hybridized carbons (Fsp3) is 0. The van der Waals surface area contributed by atoms with Gasteiger partial charge >= 0.3 is 0 Å². The summed E-state index contributed by atoms with van der Waals surface area (Å²) in [7, 11) is 0. The number of aromatic nitrogens is 1. The van der Waals surface area contributed by atoms with Crippen molar-refractivity contribution < 1.29 is 39.9 Å². The molecule has 0 amide bonds. The van der Waals surface area contributed by atoms with E-state index in [4.69, 9.17) is 4.74 Å². The van der Waals surface area contributed by atoms with E-state index >= 15 is 8.78 Å². The first-order valence-corrected chi connectivity index (χ1v) is 10.2. The summed E-state index contributed by atoms with van der Waals surface area (Å²) in [5.74, 6) is -17.0. The molecule has 6 rings (SSSR count). The molecule has 180 valence electrons. The molecule has 36 heavy (non-hydrogen) atoms. The maximum Gasteiger partial charge on any atom is 0.199 e. The third-order valence-electron chi connectivity index (χ3n) is 5.84. The van der Waals surface area contributed by atoms with Crippen molar-refractivity contribution in [3.05, 3.63) is 95.1 Å². The summed E-state index contributed by atoms with van der Waals surface area (Å²) in [6.45, 7) is 0. The molecule has 2 heterocycles. The molecule has 11 heteroatoms. The predicted octanol–water partition coefficient (Wildman–Crippen LogP) is 8.08. The lowest BCUT2D eigenvalue weighted by Crippen LogP contribution is -2.18. The zero-order valence-corrected chi connectivity index (χ0v) is 17.4. The van der Waals surface area contributed by atoms with Crippen LogP contribution in [-0.2, 0) is 0 Å². The minimum Gasteiger partial charge on any atom is -0.453 e. The highest BCUT2D eigenvalue weighted by atomic mass is 19.2. The van der Waals surface area contributed by atoms with E-state index in [2.05, 4.69) is 4.98 Å². The number of nitrogens with zero attached hydrogens (tertiary/aromatic N) is 2. The first-order valence-electron chi connectivity index (χ1n) is 10.2. The highest BCUT2D eigenvalue weighted by molar-refractivity contribution is 6.13. The zero-order chi connectivity index (χ0) is 25.5. The van der Waals surface area contributed by atoms with Crippen molar-refractivity contribution in [3.8, 4) is 11.5 Å². The number of ether oxygens (including phenoxy) is 1. The summed E-state index contributed by atoms with van der Waals surface area (Å²) in [5.41, 5.74) is -3.29. The van der Waals surface area contributed by atoms with Crippen molar-refractivity contribution in [2.75, 3.05) is 4.90 Å². The maximum absolute atomic E-state index is 15.3. The van der Waals surface area contributed by atoms with Crippen LogP contribution in [0.25, 0.3) is 21.8 Å². The van der Waals surface area contributed by atoms with Gasteiger partial charge in [-0.3, -0.25) is 0 Å². The average Bonchev–Trinajstić information content (AvgIpc) is 2.90. The van der Waals surface area contributed by atoms with Gasteiger partial charge in [0.1, 0.15) is 11.0 Å². The largest absolute Gasteiger partial charge is 0.453 e. The van der Waals surface area contributed by atoms with Crippen LogP contribution in [0.1, 0.15) is 0 Å². The molecule has 3 nitrogen and oxygen atoms in total. The number of benzene rings is 4. The van der Waals surface area contributed by atoms with Crippen molar-refractivity contribution in [1.29, 1.82) is 0 Å². The van der Waals surface area contributed by atoms with Gasteiger partial charge in [0.25, 0.3) is 0 Å². The van der Waals surface area contributed by atoms with Gasteiger partial charge in [0.15, 0.2) is 58.0 Å². The third-order valence-corrected chi connectivity index (χ3v) is 5.84. The Morgan fingerprint density at radius 2 is 0.889 bits per heavy atom. The summed E-state index contributed by atoms with van der Waals surface area (Å²) in [4.78, 5) is 4.40. The molecule has 4 aromatic carbocycles. The lowest BCUT2D eigenvalue weighted by molar-refractivity contribution is 0.414. The quantitative estimate of drug-likeness (QED) is 0.0980. The van der Waals surface area contributed by atoms with Crippen LogP contribution in [0.2, 0.25) is 0 Å². The molecule has 0 aliphatic carbocycles. The monoisotopic (exact) mass is 504 g/mol. The van der Waals surface area contributed by atoms with Crippen molar-refractivity contribution in [2.24, 2.45) is 0 Å². The van der Waals surface area contributed by atoms with Gasteiger partial charge in [0.05, 0.1) is 27.8 Å². The Bertz CT molecular complexity index is 1650. The Morgan fingerprint density at radius 1 is 0.500 bits per heavy atom. The van der Waals surface area contributed by atoms with Gasteiger partial charge in [0, 0.05) is 0 Å². The van der Waals surface area contributed by atoms with Gasteiger partial charge in [-0.15, -0.1) is 0 Å². The van der Waals surface area contributed by atoms with Crippen LogP contribution in [0.3, 0.4) is 0 Å². The normalized spacial score (nSPS) is 12.6. The van der Waals surface area contributed by atoms with Gasteiger partial charge in [-0.2, -0.15) is 0 Å². The molecule has 0 fully saturated rings. The molecule has 0 bridgehead atoms. The van der Waals surface area contributed by atoms with Crippen molar-refractivity contribution in [1.82, 2.24) is 4.98 Å². The van der Waals surface area contributed by atoms with E-state index in [1.807, 2.05) is 0 Å². The molecule has 1 aromatic heterocycles. The standard InChI is InChI=1S/C25H8F8N2O/c26-15-13-23(21(32)19(30)17(15)28)34-24-14(16(27)18(29)20(31)22(24)33)25(13)35-9-5-1-3-7-11(9)36-12-8-4-2-6-10(12)35/h1-8H. The Kier molecular flexibility index (Phi) is 4.63. The van der Waals surface area contributed by atoms with Crippen molar-refractivity contribution >= 4 is 38.9 Å². The second-order valence-corrected chi connectivity index (χ2v) is 7.79. The maximum atomic E-state index is 15.3. The zero-order valence-electron chi connectivity index (χ0n) is 17.4. The summed E-state index contributed by atoms with van der Waals surface area (Å²) < 4.78 is 123.